The minimum Gasteiger partial charge on any atom is -0.369 e. The van der Waals surface area contributed by atoms with Gasteiger partial charge in [-0.25, -0.2) is 13.4 Å². The van der Waals surface area contributed by atoms with Crippen LogP contribution in [0.1, 0.15) is 13.8 Å². The molecule has 0 N–H and O–H groups in total. The summed E-state index contributed by atoms with van der Waals surface area (Å²) in [5.74, 6) is -0.195. The zero-order valence-corrected chi connectivity index (χ0v) is 16.9. The van der Waals surface area contributed by atoms with E-state index >= 15 is 0 Å². The van der Waals surface area contributed by atoms with Crippen LogP contribution >= 0.6 is 0 Å². The van der Waals surface area contributed by atoms with Crippen LogP contribution in [0.15, 0.2) is 30.6 Å². The Morgan fingerprint density at radius 2 is 2.11 bits per heavy atom. The number of para-hydroxylation sites is 2. The second-order valence-electron chi connectivity index (χ2n) is 7.92. The van der Waals surface area contributed by atoms with Crippen molar-refractivity contribution in [3.05, 3.63) is 30.6 Å². The average molecular weight is 407 g/mol. The predicted molar refractivity (Wildman–Crippen MR) is 104 cm³/mol. The maximum absolute atomic E-state index is 12.9. The number of rotatable bonds is 5. The number of ether oxygens (including phenoxy) is 2. The van der Waals surface area contributed by atoms with Gasteiger partial charge in [-0.05, 0) is 26.0 Å². The van der Waals surface area contributed by atoms with Crippen LogP contribution in [0.5, 0.6) is 0 Å². The van der Waals surface area contributed by atoms with Crippen LogP contribution in [0.25, 0.3) is 11.0 Å². The predicted octanol–water partition coefficient (Wildman–Crippen LogP) is 0.856. The van der Waals surface area contributed by atoms with Gasteiger partial charge in [0.25, 0.3) is 0 Å². The van der Waals surface area contributed by atoms with Gasteiger partial charge in [-0.2, -0.15) is 0 Å². The van der Waals surface area contributed by atoms with Crippen molar-refractivity contribution in [3.8, 4) is 0 Å². The van der Waals surface area contributed by atoms with Gasteiger partial charge >= 0.3 is 0 Å². The first-order chi connectivity index (χ1) is 13.3. The van der Waals surface area contributed by atoms with E-state index in [1.54, 1.807) is 11.2 Å². The number of fused-ring (bicyclic) bond motifs is 1. The molecule has 3 heterocycles. The van der Waals surface area contributed by atoms with E-state index in [1.807, 2.05) is 42.7 Å². The molecule has 0 unspecified atom stereocenters. The highest BCUT2D eigenvalue weighted by Gasteiger charge is 2.53. The second-order valence-corrected chi connectivity index (χ2v) is 10.2. The molecule has 2 aliphatic heterocycles. The molecule has 2 aromatic rings. The highest BCUT2D eigenvalue weighted by atomic mass is 32.2. The third kappa shape index (κ3) is 3.66. The number of carbonyl (C=O) groups excluding carboxylic acids is 1. The molecule has 1 amide bonds. The number of hydrogen-bond donors (Lipinski definition) is 0. The number of likely N-dealkylation sites (tertiary alicyclic amines) is 1. The lowest BCUT2D eigenvalue weighted by molar-refractivity contribution is -0.170. The van der Waals surface area contributed by atoms with E-state index in [0.717, 1.165) is 11.0 Å². The van der Waals surface area contributed by atoms with E-state index < -0.39 is 20.7 Å². The quantitative estimate of drug-likeness (QED) is 0.730. The zero-order valence-electron chi connectivity index (χ0n) is 16.1. The number of carbonyl (C=O) groups is 1. The first kappa shape index (κ1) is 19.4. The molecule has 0 aliphatic carbocycles. The standard InChI is InChI=1S/C19H25N3O5S/c1-14(2)26-9-18(23)22-10-19(11-22)12-28(24,25)15(8-27-19)7-21-13-20-16-5-3-4-6-17(16)21/h3-6,13-15H,7-12H2,1-2H3/t15-/m0/s1. The number of benzene rings is 1. The van der Waals surface area contributed by atoms with Gasteiger partial charge in [-0.1, -0.05) is 12.1 Å². The van der Waals surface area contributed by atoms with Gasteiger partial charge in [0.15, 0.2) is 9.84 Å². The zero-order chi connectivity index (χ0) is 19.9. The molecule has 8 nitrogen and oxygen atoms in total. The van der Waals surface area contributed by atoms with Crippen molar-refractivity contribution in [1.29, 1.82) is 0 Å². The number of sulfone groups is 1. The van der Waals surface area contributed by atoms with Crippen LogP contribution in [0.2, 0.25) is 0 Å². The first-order valence-electron chi connectivity index (χ1n) is 9.43. The molecule has 0 bridgehead atoms. The van der Waals surface area contributed by atoms with Crippen molar-refractivity contribution in [2.75, 3.05) is 32.1 Å². The van der Waals surface area contributed by atoms with Gasteiger partial charge < -0.3 is 18.9 Å². The van der Waals surface area contributed by atoms with E-state index in [4.69, 9.17) is 9.47 Å². The summed E-state index contributed by atoms with van der Waals surface area (Å²) < 4.78 is 39.0. The maximum atomic E-state index is 12.9. The van der Waals surface area contributed by atoms with Gasteiger partial charge in [-0.3, -0.25) is 4.79 Å². The molecule has 1 aromatic heterocycles. The lowest BCUT2D eigenvalue weighted by Crippen LogP contribution is -2.71. The fraction of sp³-hybridized carbons (Fsp3) is 0.579. The molecule has 1 atom stereocenters. The smallest absolute Gasteiger partial charge is 0.248 e. The number of imidazole rings is 1. The van der Waals surface area contributed by atoms with Crippen LogP contribution in [-0.2, 0) is 30.7 Å². The molecule has 1 aromatic carbocycles. The Kier molecular flexibility index (Phi) is 4.93. The molecule has 152 valence electrons. The molecule has 2 fully saturated rings. The van der Waals surface area contributed by atoms with Crippen molar-refractivity contribution >= 4 is 26.8 Å². The van der Waals surface area contributed by atoms with Crippen LogP contribution < -0.4 is 0 Å². The third-order valence-electron chi connectivity index (χ3n) is 5.33. The number of aromatic nitrogens is 2. The van der Waals surface area contributed by atoms with Crippen molar-refractivity contribution < 1.29 is 22.7 Å². The molecule has 4 rings (SSSR count). The Morgan fingerprint density at radius 1 is 1.36 bits per heavy atom. The Labute approximate surface area is 164 Å². The summed E-state index contributed by atoms with van der Waals surface area (Å²) in [5.41, 5.74) is 0.966. The molecular weight excluding hydrogens is 382 g/mol. The summed E-state index contributed by atoms with van der Waals surface area (Å²) in [5, 5.41) is -0.621. The van der Waals surface area contributed by atoms with Crippen LogP contribution in [0, 0.1) is 0 Å². The van der Waals surface area contributed by atoms with Crippen LogP contribution in [0.4, 0.5) is 0 Å². The van der Waals surface area contributed by atoms with E-state index in [1.165, 1.54) is 0 Å². The highest BCUT2D eigenvalue weighted by molar-refractivity contribution is 7.92. The topological polar surface area (TPSA) is 90.7 Å². The molecule has 2 saturated heterocycles. The molecule has 0 radical (unpaired) electrons. The van der Waals surface area contributed by atoms with Gasteiger partial charge in [0.05, 0.1) is 48.9 Å². The summed E-state index contributed by atoms with van der Waals surface area (Å²) in [6.07, 6.45) is 1.65. The van der Waals surface area contributed by atoms with Crippen molar-refractivity contribution in [2.45, 2.75) is 37.3 Å². The van der Waals surface area contributed by atoms with Gasteiger partial charge in [0.1, 0.15) is 17.5 Å². The minimum atomic E-state index is -3.35. The molecule has 2 aliphatic rings. The first-order valence-corrected chi connectivity index (χ1v) is 11.1. The summed E-state index contributed by atoms with van der Waals surface area (Å²) in [6, 6.07) is 7.63. The largest absolute Gasteiger partial charge is 0.369 e. The summed E-state index contributed by atoms with van der Waals surface area (Å²) >= 11 is 0. The average Bonchev–Trinajstić information content (AvgIpc) is 3.02. The molecule has 1 spiro atoms. The van der Waals surface area contributed by atoms with Gasteiger partial charge in [0, 0.05) is 6.54 Å². The normalized spacial score (nSPS) is 23.2. The van der Waals surface area contributed by atoms with E-state index in [0.29, 0.717) is 19.6 Å². The van der Waals surface area contributed by atoms with Crippen LogP contribution in [-0.4, -0.2) is 77.8 Å². The van der Waals surface area contributed by atoms with Gasteiger partial charge in [0.2, 0.25) is 5.91 Å². The second kappa shape index (κ2) is 7.13. The fourth-order valence-electron chi connectivity index (χ4n) is 3.78. The van der Waals surface area contributed by atoms with E-state index in [-0.39, 0.29) is 31.0 Å². The molecule has 28 heavy (non-hydrogen) atoms. The summed E-state index contributed by atoms with van der Waals surface area (Å²) in [6.45, 7) is 4.77. The lowest BCUT2D eigenvalue weighted by atomic mass is 9.95. The van der Waals surface area contributed by atoms with Crippen LogP contribution in [0.3, 0.4) is 0 Å². The Bertz CT molecular complexity index is 978. The lowest BCUT2D eigenvalue weighted by Gasteiger charge is -2.52. The fourth-order valence-corrected chi connectivity index (χ4v) is 5.68. The third-order valence-corrected chi connectivity index (χ3v) is 7.56. The maximum Gasteiger partial charge on any atom is 0.248 e. The number of hydrogen-bond acceptors (Lipinski definition) is 6. The van der Waals surface area contributed by atoms with Crippen molar-refractivity contribution in [2.24, 2.45) is 0 Å². The van der Waals surface area contributed by atoms with Crippen molar-refractivity contribution in [3.63, 3.8) is 0 Å². The Hall–Kier alpha value is -1.97. The van der Waals surface area contributed by atoms with Crippen molar-refractivity contribution in [1.82, 2.24) is 14.5 Å². The molecular formula is C19H25N3O5S. The number of nitrogens with zero attached hydrogens (tertiary/aromatic N) is 3. The molecule has 0 saturated carbocycles. The van der Waals surface area contributed by atoms with E-state index in [2.05, 4.69) is 4.98 Å². The van der Waals surface area contributed by atoms with Gasteiger partial charge in [-0.15, -0.1) is 0 Å². The highest BCUT2D eigenvalue weighted by Crippen LogP contribution is 2.33. The van der Waals surface area contributed by atoms with E-state index in [9.17, 15) is 13.2 Å². The Balaban J connectivity index is 1.39. The summed E-state index contributed by atoms with van der Waals surface area (Å²) in [7, 11) is -3.35. The SMILES string of the molecule is CC(C)OCC(=O)N1CC2(C1)CS(=O)(=O)[C@@H](Cn1cnc3ccccc31)CO2. The molecule has 9 heteroatoms. The monoisotopic (exact) mass is 407 g/mol. The Morgan fingerprint density at radius 3 is 2.82 bits per heavy atom. The number of amides is 1. The minimum absolute atomic E-state index is 0.0107. The summed E-state index contributed by atoms with van der Waals surface area (Å²) in [4.78, 5) is 18.0.